The maximum absolute atomic E-state index is 2.54. The molecule has 0 N–H and O–H groups in total. The van der Waals surface area contributed by atoms with Crippen LogP contribution in [0.1, 0.15) is 26.2 Å². The molecule has 1 unspecified atom stereocenters. The van der Waals surface area contributed by atoms with Crippen molar-refractivity contribution in [3.05, 3.63) is 12.2 Å². The number of halogens is 1. The zero-order valence-corrected chi connectivity index (χ0v) is 7.31. The molecule has 0 bridgehead atoms. The van der Waals surface area contributed by atoms with E-state index in [1.807, 2.05) is 0 Å². The third kappa shape index (κ3) is 1.24. The lowest BCUT2D eigenvalue weighted by Crippen LogP contribution is -2.10. The van der Waals surface area contributed by atoms with Crippen molar-refractivity contribution in [3.63, 3.8) is 0 Å². The second-order valence-corrected chi connectivity index (χ2v) is 4.48. The Morgan fingerprint density at radius 1 is 1.75 bits per heavy atom. The first-order chi connectivity index (χ1) is 3.77. The number of alkyl halides is 1. The van der Waals surface area contributed by atoms with Gasteiger partial charge in [-0.3, -0.25) is 0 Å². The van der Waals surface area contributed by atoms with Gasteiger partial charge in [0.1, 0.15) is 0 Å². The largest absolute Gasteiger partial charge is 0.0872 e. The van der Waals surface area contributed by atoms with Gasteiger partial charge in [-0.2, -0.15) is 0 Å². The quantitative estimate of drug-likeness (QED) is 0.363. The summed E-state index contributed by atoms with van der Waals surface area (Å²) >= 11 is 2.54. The number of hydrogen-bond acceptors (Lipinski definition) is 0. The van der Waals surface area contributed by atoms with Gasteiger partial charge in [-0.1, -0.05) is 41.7 Å². The maximum atomic E-state index is 2.54. The SMILES string of the molecule is CCC1(I)C=CCC1. The predicted molar refractivity (Wildman–Crippen MR) is 45.4 cm³/mol. The topological polar surface area (TPSA) is 0 Å². The Bertz CT molecular complexity index is 107. The van der Waals surface area contributed by atoms with Crippen LogP contribution in [0.2, 0.25) is 0 Å². The van der Waals surface area contributed by atoms with Crippen LogP contribution in [-0.4, -0.2) is 3.42 Å². The molecule has 0 fully saturated rings. The molecule has 0 aliphatic heterocycles. The molecule has 0 spiro atoms. The van der Waals surface area contributed by atoms with E-state index >= 15 is 0 Å². The first-order valence-corrected chi connectivity index (χ1v) is 4.21. The van der Waals surface area contributed by atoms with E-state index < -0.39 is 0 Å². The molecular formula is C7H11I. The van der Waals surface area contributed by atoms with Gasteiger partial charge < -0.3 is 0 Å². The fraction of sp³-hybridized carbons (Fsp3) is 0.714. The average Bonchev–Trinajstić information content (AvgIpc) is 2.17. The summed E-state index contributed by atoms with van der Waals surface area (Å²) in [7, 11) is 0. The smallest absolute Gasteiger partial charge is 0.0401 e. The summed E-state index contributed by atoms with van der Waals surface area (Å²) in [5.74, 6) is 0. The summed E-state index contributed by atoms with van der Waals surface area (Å²) in [6, 6.07) is 0. The van der Waals surface area contributed by atoms with E-state index in [2.05, 4.69) is 41.7 Å². The fourth-order valence-corrected chi connectivity index (χ4v) is 1.56. The van der Waals surface area contributed by atoms with Crippen molar-refractivity contribution in [3.8, 4) is 0 Å². The monoisotopic (exact) mass is 222 g/mol. The van der Waals surface area contributed by atoms with Gasteiger partial charge in [0.05, 0.1) is 0 Å². The van der Waals surface area contributed by atoms with Crippen LogP contribution >= 0.6 is 22.6 Å². The standard InChI is InChI=1S/C7H11I/c1-2-7(8)5-3-4-6-7/h3,5H,2,4,6H2,1H3. The van der Waals surface area contributed by atoms with Gasteiger partial charge in [0.15, 0.2) is 0 Å². The maximum Gasteiger partial charge on any atom is 0.0401 e. The number of rotatable bonds is 1. The predicted octanol–water partition coefficient (Wildman–Crippen LogP) is 2.92. The number of hydrogen-bond donors (Lipinski definition) is 0. The van der Waals surface area contributed by atoms with Crippen molar-refractivity contribution < 1.29 is 0 Å². The minimum atomic E-state index is 0.526. The summed E-state index contributed by atoms with van der Waals surface area (Å²) < 4.78 is 0.526. The van der Waals surface area contributed by atoms with E-state index in [9.17, 15) is 0 Å². The van der Waals surface area contributed by atoms with Crippen LogP contribution in [0.25, 0.3) is 0 Å². The third-order valence-electron chi connectivity index (χ3n) is 1.73. The second kappa shape index (κ2) is 2.38. The Labute approximate surface area is 64.5 Å². The van der Waals surface area contributed by atoms with Gasteiger partial charge >= 0.3 is 0 Å². The lowest BCUT2D eigenvalue weighted by molar-refractivity contribution is 0.693. The highest BCUT2D eigenvalue weighted by molar-refractivity contribution is 14.1. The molecule has 1 rings (SSSR count). The van der Waals surface area contributed by atoms with Crippen molar-refractivity contribution >= 4 is 22.6 Å². The molecule has 1 aliphatic carbocycles. The summed E-state index contributed by atoms with van der Waals surface area (Å²) in [4.78, 5) is 0. The molecule has 0 radical (unpaired) electrons. The van der Waals surface area contributed by atoms with E-state index in [0.717, 1.165) is 0 Å². The van der Waals surface area contributed by atoms with Crippen LogP contribution in [0.4, 0.5) is 0 Å². The van der Waals surface area contributed by atoms with E-state index in [1.165, 1.54) is 19.3 Å². The summed E-state index contributed by atoms with van der Waals surface area (Å²) in [5, 5.41) is 0. The molecule has 0 aromatic carbocycles. The van der Waals surface area contributed by atoms with Crippen LogP contribution in [0, 0.1) is 0 Å². The van der Waals surface area contributed by atoms with E-state index in [4.69, 9.17) is 0 Å². The van der Waals surface area contributed by atoms with Gasteiger partial charge in [-0.05, 0) is 19.3 Å². The minimum absolute atomic E-state index is 0.526. The highest BCUT2D eigenvalue weighted by Gasteiger charge is 2.22. The van der Waals surface area contributed by atoms with Gasteiger partial charge in [0.2, 0.25) is 0 Å². The molecule has 0 saturated carbocycles. The average molecular weight is 222 g/mol. The fourth-order valence-electron chi connectivity index (χ4n) is 0.996. The second-order valence-electron chi connectivity index (χ2n) is 2.33. The van der Waals surface area contributed by atoms with Gasteiger partial charge in [-0.25, -0.2) is 0 Å². The van der Waals surface area contributed by atoms with Crippen molar-refractivity contribution in [1.82, 2.24) is 0 Å². The Morgan fingerprint density at radius 2 is 2.50 bits per heavy atom. The molecule has 1 heteroatoms. The van der Waals surface area contributed by atoms with E-state index in [-0.39, 0.29) is 0 Å². The van der Waals surface area contributed by atoms with Crippen LogP contribution in [-0.2, 0) is 0 Å². The molecular weight excluding hydrogens is 211 g/mol. The van der Waals surface area contributed by atoms with Crippen LogP contribution in [0.5, 0.6) is 0 Å². The molecule has 1 aliphatic rings. The van der Waals surface area contributed by atoms with E-state index in [0.29, 0.717) is 3.42 Å². The normalized spacial score (nSPS) is 36.2. The molecule has 1 atom stereocenters. The highest BCUT2D eigenvalue weighted by Crippen LogP contribution is 2.34. The molecule has 0 saturated heterocycles. The van der Waals surface area contributed by atoms with Crippen molar-refractivity contribution in [2.75, 3.05) is 0 Å². The Balaban J connectivity index is 2.54. The van der Waals surface area contributed by atoms with Crippen LogP contribution in [0.15, 0.2) is 12.2 Å². The van der Waals surface area contributed by atoms with Crippen LogP contribution in [0.3, 0.4) is 0 Å². The van der Waals surface area contributed by atoms with Gasteiger partial charge in [0.25, 0.3) is 0 Å². The first kappa shape index (κ1) is 6.59. The summed E-state index contributed by atoms with van der Waals surface area (Å²) in [5.41, 5.74) is 0. The van der Waals surface area contributed by atoms with Gasteiger partial charge in [-0.15, -0.1) is 0 Å². The molecule has 8 heavy (non-hydrogen) atoms. The lowest BCUT2D eigenvalue weighted by Gasteiger charge is -2.15. The molecule has 0 aromatic heterocycles. The van der Waals surface area contributed by atoms with Gasteiger partial charge in [0, 0.05) is 3.42 Å². The molecule has 46 valence electrons. The summed E-state index contributed by atoms with van der Waals surface area (Å²) in [6.45, 7) is 2.25. The summed E-state index contributed by atoms with van der Waals surface area (Å²) in [6.07, 6.45) is 8.55. The Hall–Kier alpha value is 0.470. The first-order valence-electron chi connectivity index (χ1n) is 3.13. The molecule has 0 amide bonds. The zero-order valence-electron chi connectivity index (χ0n) is 5.15. The molecule has 0 heterocycles. The Kier molecular flexibility index (Phi) is 1.96. The Morgan fingerprint density at radius 3 is 2.75 bits per heavy atom. The molecule has 0 aromatic rings. The van der Waals surface area contributed by atoms with Crippen molar-refractivity contribution in [2.45, 2.75) is 29.6 Å². The van der Waals surface area contributed by atoms with Crippen LogP contribution < -0.4 is 0 Å². The number of allylic oxidation sites excluding steroid dienone is 2. The highest BCUT2D eigenvalue weighted by atomic mass is 127. The minimum Gasteiger partial charge on any atom is -0.0872 e. The van der Waals surface area contributed by atoms with Crippen molar-refractivity contribution in [2.24, 2.45) is 0 Å². The van der Waals surface area contributed by atoms with E-state index in [1.54, 1.807) is 0 Å². The third-order valence-corrected chi connectivity index (χ3v) is 3.39. The molecule has 0 nitrogen and oxygen atoms in total. The lowest BCUT2D eigenvalue weighted by atomic mass is 10.1. The zero-order chi connectivity index (χ0) is 6.04. The van der Waals surface area contributed by atoms with Crippen molar-refractivity contribution in [1.29, 1.82) is 0 Å².